The lowest BCUT2D eigenvalue weighted by Gasteiger charge is -2.11. The van der Waals surface area contributed by atoms with Crippen LogP contribution < -0.4 is 10.6 Å². The van der Waals surface area contributed by atoms with Gasteiger partial charge in [-0.1, -0.05) is 19.1 Å². The fourth-order valence-corrected chi connectivity index (χ4v) is 3.11. The number of benzene rings is 1. The maximum absolute atomic E-state index is 12.3. The van der Waals surface area contributed by atoms with Crippen molar-refractivity contribution in [3.8, 4) is 17.3 Å². The summed E-state index contributed by atoms with van der Waals surface area (Å²) in [7, 11) is 0. The van der Waals surface area contributed by atoms with E-state index in [1.54, 1.807) is 24.5 Å². The van der Waals surface area contributed by atoms with E-state index in [9.17, 15) is 4.79 Å². The second-order valence-electron chi connectivity index (χ2n) is 7.43. The largest absolute Gasteiger partial charge is 0.336 e. The molecular formula is C22H23N7O. The number of carbonyl (C=O) groups is 1. The average Bonchev–Trinajstić information content (AvgIpc) is 3.52. The molecule has 4 rings (SSSR count). The minimum Gasteiger partial charge on any atom is -0.336 e. The smallest absolute Gasteiger partial charge is 0.252 e. The van der Waals surface area contributed by atoms with Crippen LogP contribution in [0.25, 0.3) is 11.3 Å². The molecule has 2 aromatic heterocycles. The number of aromatic nitrogens is 4. The molecule has 2 N–H and O–H groups in total. The van der Waals surface area contributed by atoms with Gasteiger partial charge < -0.3 is 10.6 Å². The van der Waals surface area contributed by atoms with Crippen LogP contribution in [-0.4, -0.2) is 31.7 Å². The zero-order chi connectivity index (χ0) is 21.1. The van der Waals surface area contributed by atoms with Crippen LogP contribution in [0.4, 0.5) is 11.6 Å². The number of nitriles is 1. The van der Waals surface area contributed by atoms with Gasteiger partial charge in [-0.25, -0.2) is 9.97 Å². The van der Waals surface area contributed by atoms with E-state index < -0.39 is 6.04 Å². The van der Waals surface area contributed by atoms with E-state index in [-0.39, 0.29) is 5.91 Å². The molecule has 1 aliphatic carbocycles. The Bertz CT molecular complexity index is 1090. The monoisotopic (exact) mass is 401 g/mol. The molecule has 1 fully saturated rings. The van der Waals surface area contributed by atoms with Crippen molar-refractivity contribution in [1.82, 2.24) is 25.1 Å². The van der Waals surface area contributed by atoms with E-state index >= 15 is 0 Å². The first-order chi connectivity index (χ1) is 14.6. The van der Waals surface area contributed by atoms with Crippen molar-refractivity contribution in [3.63, 3.8) is 0 Å². The van der Waals surface area contributed by atoms with E-state index in [1.807, 2.05) is 36.9 Å². The van der Waals surface area contributed by atoms with Gasteiger partial charge in [0.15, 0.2) is 0 Å². The minimum absolute atomic E-state index is 0.260. The normalized spacial score (nSPS) is 14.0. The Labute approximate surface area is 175 Å². The zero-order valence-electron chi connectivity index (χ0n) is 17.0. The third-order valence-electron chi connectivity index (χ3n) is 5.04. The SMILES string of the molecule is CCC(C#N)NC(=O)c1ccc(-c2nc(Nc3cnn(C4CC4)c3)ncc2C)cc1. The molecule has 152 valence electrons. The van der Waals surface area contributed by atoms with Gasteiger partial charge in [0.2, 0.25) is 5.95 Å². The van der Waals surface area contributed by atoms with E-state index in [1.165, 1.54) is 12.8 Å². The summed E-state index contributed by atoms with van der Waals surface area (Å²) in [6.45, 7) is 3.81. The summed E-state index contributed by atoms with van der Waals surface area (Å²) in [6.07, 6.45) is 8.44. The number of amides is 1. The van der Waals surface area contributed by atoms with Crippen molar-refractivity contribution >= 4 is 17.5 Å². The van der Waals surface area contributed by atoms with Gasteiger partial charge in [0, 0.05) is 23.5 Å². The van der Waals surface area contributed by atoms with Crippen molar-refractivity contribution < 1.29 is 4.79 Å². The van der Waals surface area contributed by atoms with E-state index in [4.69, 9.17) is 5.26 Å². The number of nitrogens with zero attached hydrogens (tertiary/aromatic N) is 5. The number of hydrogen-bond acceptors (Lipinski definition) is 6. The summed E-state index contributed by atoms with van der Waals surface area (Å²) in [5.74, 6) is 0.233. The average molecular weight is 401 g/mol. The summed E-state index contributed by atoms with van der Waals surface area (Å²) >= 11 is 0. The maximum Gasteiger partial charge on any atom is 0.252 e. The number of rotatable bonds is 7. The molecule has 1 unspecified atom stereocenters. The molecule has 0 saturated heterocycles. The minimum atomic E-state index is -0.487. The fraction of sp³-hybridized carbons (Fsp3) is 0.318. The topological polar surface area (TPSA) is 109 Å². The van der Waals surface area contributed by atoms with Gasteiger partial charge in [-0.2, -0.15) is 10.4 Å². The summed E-state index contributed by atoms with van der Waals surface area (Å²) in [5, 5.41) is 19.3. The van der Waals surface area contributed by atoms with E-state index in [2.05, 4.69) is 31.8 Å². The Kier molecular flexibility index (Phi) is 5.44. The standard InChI is InChI=1S/C22H23N7O/c1-3-17(10-23)26-21(30)16-6-4-15(5-7-16)20-14(2)11-24-22(28-20)27-18-12-25-29(13-18)19-8-9-19/h4-7,11-13,17,19H,3,8-9H2,1-2H3,(H,26,30)(H,24,27,28). The number of carbonyl (C=O) groups excluding carboxylic acids is 1. The summed E-state index contributed by atoms with van der Waals surface area (Å²) < 4.78 is 1.97. The second kappa shape index (κ2) is 8.33. The van der Waals surface area contributed by atoms with Gasteiger partial charge >= 0.3 is 0 Å². The van der Waals surface area contributed by atoms with Gasteiger partial charge in [-0.15, -0.1) is 0 Å². The molecule has 1 atom stereocenters. The molecule has 1 aromatic carbocycles. The quantitative estimate of drug-likeness (QED) is 0.624. The Morgan fingerprint density at radius 3 is 2.73 bits per heavy atom. The third-order valence-corrected chi connectivity index (χ3v) is 5.04. The molecule has 0 radical (unpaired) electrons. The zero-order valence-corrected chi connectivity index (χ0v) is 17.0. The van der Waals surface area contributed by atoms with Crippen molar-refractivity contribution in [2.75, 3.05) is 5.32 Å². The van der Waals surface area contributed by atoms with Crippen molar-refractivity contribution in [1.29, 1.82) is 5.26 Å². The number of aryl methyl sites for hydroxylation is 1. The van der Waals surface area contributed by atoms with Gasteiger partial charge in [-0.3, -0.25) is 9.48 Å². The molecule has 0 spiro atoms. The van der Waals surface area contributed by atoms with Gasteiger partial charge in [-0.05, 0) is 43.9 Å². The predicted octanol–water partition coefficient (Wildman–Crippen LogP) is 3.76. The van der Waals surface area contributed by atoms with Crippen molar-refractivity contribution in [2.45, 2.75) is 45.2 Å². The molecule has 1 amide bonds. The lowest BCUT2D eigenvalue weighted by molar-refractivity contribution is 0.0944. The Morgan fingerprint density at radius 2 is 2.07 bits per heavy atom. The Morgan fingerprint density at radius 1 is 1.30 bits per heavy atom. The predicted molar refractivity (Wildman–Crippen MR) is 113 cm³/mol. The molecule has 0 aliphatic heterocycles. The first-order valence-corrected chi connectivity index (χ1v) is 10.0. The van der Waals surface area contributed by atoms with Gasteiger partial charge in [0.05, 0.1) is 29.7 Å². The molecule has 2 heterocycles. The molecular weight excluding hydrogens is 378 g/mol. The highest BCUT2D eigenvalue weighted by Gasteiger charge is 2.24. The lowest BCUT2D eigenvalue weighted by atomic mass is 10.1. The molecule has 0 bridgehead atoms. The second-order valence-corrected chi connectivity index (χ2v) is 7.43. The van der Waals surface area contributed by atoms with Crippen LogP contribution in [-0.2, 0) is 0 Å². The summed E-state index contributed by atoms with van der Waals surface area (Å²) in [4.78, 5) is 21.3. The molecule has 3 aromatic rings. The highest BCUT2D eigenvalue weighted by molar-refractivity contribution is 5.95. The van der Waals surface area contributed by atoms with Crippen LogP contribution in [0.15, 0.2) is 42.9 Å². The van der Waals surface area contributed by atoms with Gasteiger partial charge in [0.1, 0.15) is 6.04 Å². The van der Waals surface area contributed by atoms with Crippen molar-refractivity contribution in [2.24, 2.45) is 0 Å². The lowest BCUT2D eigenvalue weighted by Crippen LogP contribution is -2.33. The maximum atomic E-state index is 12.3. The molecule has 1 aliphatic rings. The highest BCUT2D eigenvalue weighted by atomic mass is 16.1. The fourth-order valence-electron chi connectivity index (χ4n) is 3.11. The van der Waals surface area contributed by atoms with E-state index in [0.29, 0.717) is 24.0 Å². The summed E-state index contributed by atoms with van der Waals surface area (Å²) in [5.41, 5.74) is 3.96. The van der Waals surface area contributed by atoms with Crippen LogP contribution in [0.5, 0.6) is 0 Å². The molecule has 8 nitrogen and oxygen atoms in total. The number of nitrogens with one attached hydrogen (secondary N) is 2. The van der Waals surface area contributed by atoms with Crippen LogP contribution in [0, 0.1) is 18.3 Å². The van der Waals surface area contributed by atoms with Crippen molar-refractivity contribution in [3.05, 3.63) is 54.0 Å². The van der Waals surface area contributed by atoms with Crippen LogP contribution in [0.2, 0.25) is 0 Å². The number of hydrogen-bond donors (Lipinski definition) is 2. The van der Waals surface area contributed by atoms with Crippen LogP contribution >= 0.6 is 0 Å². The summed E-state index contributed by atoms with van der Waals surface area (Å²) in [6, 6.07) is 9.29. The molecule has 30 heavy (non-hydrogen) atoms. The molecule has 8 heteroatoms. The van der Waals surface area contributed by atoms with Gasteiger partial charge in [0.25, 0.3) is 5.91 Å². The third kappa shape index (κ3) is 4.30. The first kappa shape index (κ1) is 19.6. The van der Waals surface area contributed by atoms with Crippen LogP contribution in [0.3, 0.4) is 0 Å². The van der Waals surface area contributed by atoms with Crippen LogP contribution in [0.1, 0.15) is 48.1 Å². The number of anilines is 2. The first-order valence-electron chi connectivity index (χ1n) is 10.0. The van der Waals surface area contributed by atoms with E-state index in [0.717, 1.165) is 22.5 Å². The Hall–Kier alpha value is -3.73. The molecule has 1 saturated carbocycles. The Balaban J connectivity index is 1.50. The highest BCUT2D eigenvalue weighted by Crippen LogP contribution is 2.34.